The number of amides is 1. The molecule has 2 aliphatic rings. The zero-order valence-electron chi connectivity index (χ0n) is 9.04. The van der Waals surface area contributed by atoms with Crippen molar-refractivity contribution in [2.45, 2.75) is 6.92 Å². The molecular weight excluding hydrogens is 224 g/mol. The minimum Gasteiger partial charge on any atom is -0.436 e. The van der Waals surface area contributed by atoms with Crippen LogP contribution in [0.25, 0.3) is 0 Å². The minimum atomic E-state index is -0.617. The van der Waals surface area contributed by atoms with Gasteiger partial charge in [0, 0.05) is 6.20 Å². The summed E-state index contributed by atoms with van der Waals surface area (Å²) in [5.41, 5.74) is 3.61. The maximum absolute atomic E-state index is 11.6. The van der Waals surface area contributed by atoms with Gasteiger partial charge in [0.1, 0.15) is 17.2 Å². The lowest BCUT2D eigenvalue weighted by Gasteiger charge is -2.21. The number of ether oxygens (including phenoxy) is 1. The predicted octanol–water partition coefficient (Wildman–Crippen LogP) is 0.382. The minimum absolute atomic E-state index is 0.103. The van der Waals surface area contributed by atoms with Crippen molar-refractivity contribution < 1.29 is 14.7 Å². The van der Waals surface area contributed by atoms with Crippen molar-refractivity contribution in [1.82, 2.24) is 15.5 Å². The number of hydrogen-bond acceptors (Lipinski definition) is 6. The van der Waals surface area contributed by atoms with Crippen molar-refractivity contribution in [2.75, 3.05) is 6.61 Å². The number of fused-ring (bicyclic) bond motifs is 1. The average molecular weight is 234 g/mol. The summed E-state index contributed by atoms with van der Waals surface area (Å²) in [6, 6.07) is 0. The molecule has 0 aromatic heterocycles. The highest BCUT2D eigenvalue weighted by Crippen LogP contribution is 2.22. The second-order valence-corrected chi connectivity index (χ2v) is 3.30. The highest BCUT2D eigenvalue weighted by atomic mass is 16.6. The summed E-state index contributed by atoms with van der Waals surface area (Å²) >= 11 is 0. The molecule has 0 bridgehead atoms. The van der Waals surface area contributed by atoms with E-state index >= 15 is 0 Å². The predicted molar refractivity (Wildman–Crippen MR) is 58.1 cm³/mol. The van der Waals surface area contributed by atoms with Crippen molar-refractivity contribution in [3.8, 4) is 12.3 Å². The van der Waals surface area contributed by atoms with Gasteiger partial charge in [0.05, 0.1) is 6.20 Å². The first-order valence-corrected chi connectivity index (χ1v) is 4.75. The van der Waals surface area contributed by atoms with Crippen LogP contribution in [0.15, 0.2) is 28.8 Å². The number of carbonyl (C=O) groups excluding carboxylic acids is 1. The van der Waals surface area contributed by atoms with Crippen molar-refractivity contribution >= 4 is 11.9 Å². The van der Waals surface area contributed by atoms with E-state index in [0.29, 0.717) is 17.2 Å². The monoisotopic (exact) mass is 234 g/mol. The Morgan fingerprint density at radius 3 is 3.18 bits per heavy atom. The topological polar surface area (TPSA) is 77.4 Å². The second kappa shape index (κ2) is 4.19. The fraction of sp³-hybridized carbons (Fsp3) is 0.200. The zero-order chi connectivity index (χ0) is 12.4. The SMILES string of the molecule is C#CCOC(=O)N1C=C2NN(O)C=C2N=C1C. The number of terminal acetylenes is 1. The molecule has 88 valence electrons. The van der Waals surface area contributed by atoms with Crippen LogP contribution in [0.3, 0.4) is 0 Å². The van der Waals surface area contributed by atoms with Crippen molar-refractivity contribution in [3.63, 3.8) is 0 Å². The highest BCUT2D eigenvalue weighted by Gasteiger charge is 2.26. The number of nitrogens with zero attached hydrogens (tertiary/aromatic N) is 3. The number of hydrogen-bond donors (Lipinski definition) is 2. The van der Waals surface area contributed by atoms with E-state index in [2.05, 4.69) is 16.3 Å². The summed E-state index contributed by atoms with van der Waals surface area (Å²) < 4.78 is 4.78. The smallest absolute Gasteiger partial charge is 0.420 e. The van der Waals surface area contributed by atoms with Gasteiger partial charge in [-0.3, -0.25) is 10.6 Å². The van der Waals surface area contributed by atoms with Gasteiger partial charge in [-0.15, -0.1) is 6.42 Å². The fourth-order valence-electron chi connectivity index (χ4n) is 1.39. The van der Waals surface area contributed by atoms with Gasteiger partial charge in [-0.25, -0.2) is 14.7 Å². The lowest BCUT2D eigenvalue weighted by Crippen LogP contribution is -2.35. The lowest BCUT2D eigenvalue weighted by molar-refractivity contribution is -0.0703. The van der Waals surface area contributed by atoms with Crippen LogP contribution < -0.4 is 5.43 Å². The van der Waals surface area contributed by atoms with Crippen LogP contribution in [0.4, 0.5) is 4.79 Å². The molecule has 7 nitrogen and oxygen atoms in total. The summed E-state index contributed by atoms with van der Waals surface area (Å²) in [4.78, 5) is 16.9. The Labute approximate surface area is 97.6 Å². The van der Waals surface area contributed by atoms with E-state index in [-0.39, 0.29) is 6.61 Å². The number of rotatable bonds is 1. The van der Waals surface area contributed by atoms with Gasteiger partial charge in [-0.05, 0) is 6.92 Å². The first kappa shape index (κ1) is 11.0. The molecule has 0 fully saturated rings. The van der Waals surface area contributed by atoms with Crippen LogP contribution in [0.1, 0.15) is 6.92 Å². The summed E-state index contributed by atoms with van der Waals surface area (Å²) in [6.07, 6.45) is 7.24. The maximum atomic E-state index is 11.6. The van der Waals surface area contributed by atoms with Crippen molar-refractivity contribution in [1.29, 1.82) is 0 Å². The molecule has 2 aliphatic heterocycles. The van der Waals surface area contributed by atoms with E-state index in [1.165, 1.54) is 17.3 Å². The molecule has 0 saturated heterocycles. The Morgan fingerprint density at radius 2 is 2.47 bits per heavy atom. The van der Waals surface area contributed by atoms with Crippen LogP contribution in [-0.4, -0.2) is 33.8 Å². The maximum Gasteiger partial charge on any atom is 0.420 e. The molecule has 2 rings (SSSR count). The molecule has 7 heteroatoms. The van der Waals surface area contributed by atoms with Crippen LogP contribution in [0.5, 0.6) is 0 Å². The summed E-state index contributed by atoms with van der Waals surface area (Å²) in [5.74, 6) is 2.63. The number of carbonyl (C=O) groups is 1. The van der Waals surface area contributed by atoms with Crippen molar-refractivity contribution in [2.24, 2.45) is 4.99 Å². The number of amidine groups is 1. The molecule has 0 aromatic carbocycles. The molecule has 0 radical (unpaired) electrons. The molecule has 17 heavy (non-hydrogen) atoms. The van der Waals surface area contributed by atoms with Crippen LogP contribution >= 0.6 is 0 Å². The van der Waals surface area contributed by atoms with Gasteiger partial charge in [-0.2, -0.15) is 5.17 Å². The Morgan fingerprint density at radius 1 is 1.71 bits per heavy atom. The third-order valence-corrected chi connectivity index (χ3v) is 2.12. The molecule has 0 spiro atoms. The summed E-state index contributed by atoms with van der Waals surface area (Å²) in [7, 11) is 0. The number of nitrogens with one attached hydrogen (secondary N) is 1. The van der Waals surface area contributed by atoms with Gasteiger partial charge in [0.2, 0.25) is 0 Å². The average Bonchev–Trinajstić information content (AvgIpc) is 2.64. The molecule has 0 atom stereocenters. The van der Waals surface area contributed by atoms with E-state index in [1.54, 1.807) is 6.92 Å². The Kier molecular flexibility index (Phi) is 2.72. The molecule has 2 N–H and O–H groups in total. The number of hydroxylamine groups is 1. The highest BCUT2D eigenvalue weighted by molar-refractivity contribution is 5.97. The Balaban J connectivity index is 2.17. The van der Waals surface area contributed by atoms with Crippen molar-refractivity contribution in [3.05, 3.63) is 23.8 Å². The second-order valence-electron chi connectivity index (χ2n) is 3.30. The van der Waals surface area contributed by atoms with Crippen LogP contribution in [0, 0.1) is 12.3 Å². The number of aliphatic imine (C=N–C) groups is 1. The third-order valence-electron chi connectivity index (χ3n) is 2.12. The largest absolute Gasteiger partial charge is 0.436 e. The standard InChI is InChI=1S/C10H10N4O3/c1-3-4-17-10(15)13-5-9-8(11-7(13)2)6-14(16)12-9/h1,5-6,12,16H,4H2,2H3. The summed E-state index contributed by atoms with van der Waals surface area (Å²) in [6.45, 7) is 1.54. The fourth-order valence-corrected chi connectivity index (χ4v) is 1.39. The molecule has 0 aliphatic carbocycles. The van der Waals surface area contributed by atoms with E-state index in [9.17, 15) is 10.0 Å². The van der Waals surface area contributed by atoms with Gasteiger partial charge in [0.25, 0.3) is 0 Å². The Bertz CT molecular complexity index is 486. The van der Waals surface area contributed by atoms with E-state index in [0.717, 1.165) is 5.17 Å². The molecular formula is C10H10N4O3. The lowest BCUT2D eigenvalue weighted by atomic mass is 10.3. The molecule has 0 saturated carbocycles. The Hall–Kier alpha value is -2.46. The van der Waals surface area contributed by atoms with Gasteiger partial charge < -0.3 is 4.74 Å². The van der Waals surface area contributed by atoms with Gasteiger partial charge >= 0.3 is 6.09 Å². The van der Waals surface area contributed by atoms with Crippen LogP contribution in [0.2, 0.25) is 0 Å². The van der Waals surface area contributed by atoms with Gasteiger partial charge in [-0.1, -0.05) is 5.92 Å². The van der Waals surface area contributed by atoms with E-state index in [1.807, 2.05) is 0 Å². The zero-order valence-corrected chi connectivity index (χ0v) is 9.04. The third kappa shape index (κ3) is 2.07. The first-order valence-electron chi connectivity index (χ1n) is 4.75. The number of hydrazine groups is 1. The van der Waals surface area contributed by atoms with Crippen LogP contribution in [-0.2, 0) is 4.74 Å². The normalized spacial score (nSPS) is 17.4. The molecule has 0 aromatic rings. The first-order chi connectivity index (χ1) is 8.11. The molecule has 0 unspecified atom stereocenters. The molecule has 1 amide bonds. The van der Waals surface area contributed by atoms with E-state index in [4.69, 9.17) is 11.2 Å². The molecule has 2 heterocycles. The van der Waals surface area contributed by atoms with E-state index < -0.39 is 6.09 Å². The summed E-state index contributed by atoms with van der Waals surface area (Å²) in [5, 5.41) is 9.95. The quantitative estimate of drug-likeness (QED) is 0.641. The van der Waals surface area contributed by atoms with Gasteiger partial charge in [0.15, 0.2) is 6.61 Å².